The number of nitrogens with zero attached hydrogens (tertiary/aromatic N) is 2. The summed E-state index contributed by atoms with van der Waals surface area (Å²) in [6.07, 6.45) is 9.52. The standard InChI is InChI=1S/C44H49N3O5S/c48-33-13-17-36-32(26-33)12-16-35(29-8-4-3-5-9-29)42(36)31-10-14-34(15-11-31)52-25-7-2-1-6-22-46-23-20-30(21-24-46)39-27-37-40(53-39)28-47(44(37)51)38-18-19-41(49)45-43(38)50/h3-5,8-11,13-15,17,26-27,30,35,38,42,48H,1-2,6-7,12,16,18-25,28H2,(H,45,49,50)/t35-,38?,42+/m1/s1. The fourth-order valence-corrected chi connectivity index (χ4v) is 10.4. The number of fused-ring (bicyclic) bond motifs is 2. The van der Waals surface area contributed by atoms with Crippen molar-refractivity contribution in [2.45, 2.75) is 94.5 Å². The van der Waals surface area contributed by atoms with Gasteiger partial charge in [0.05, 0.1) is 18.7 Å². The van der Waals surface area contributed by atoms with Gasteiger partial charge in [-0.2, -0.15) is 0 Å². The zero-order valence-corrected chi connectivity index (χ0v) is 31.1. The van der Waals surface area contributed by atoms with E-state index in [1.165, 1.54) is 40.0 Å². The number of hydrogen-bond acceptors (Lipinski definition) is 7. The molecule has 2 saturated heterocycles. The number of imide groups is 1. The lowest BCUT2D eigenvalue weighted by Gasteiger charge is -2.34. The second-order valence-electron chi connectivity index (χ2n) is 15.2. The molecule has 2 N–H and O–H groups in total. The summed E-state index contributed by atoms with van der Waals surface area (Å²) in [5.74, 6) is 1.70. The van der Waals surface area contributed by atoms with Gasteiger partial charge in [-0.25, -0.2) is 0 Å². The number of likely N-dealkylation sites (tertiary alicyclic amines) is 1. The molecular formula is C44H49N3O5S. The Morgan fingerprint density at radius 2 is 1.60 bits per heavy atom. The van der Waals surface area contributed by atoms with Crippen molar-refractivity contribution in [3.63, 3.8) is 0 Å². The number of ether oxygens (including phenoxy) is 1. The highest BCUT2D eigenvalue weighted by Crippen LogP contribution is 2.47. The van der Waals surface area contributed by atoms with Crippen LogP contribution in [-0.4, -0.2) is 64.9 Å². The lowest BCUT2D eigenvalue weighted by molar-refractivity contribution is -0.136. The van der Waals surface area contributed by atoms with Gasteiger partial charge in [0.25, 0.3) is 5.91 Å². The number of nitrogens with one attached hydrogen (secondary N) is 1. The van der Waals surface area contributed by atoms with Crippen LogP contribution in [0.4, 0.5) is 0 Å². The number of rotatable bonds is 12. The van der Waals surface area contributed by atoms with Crippen LogP contribution in [0.1, 0.15) is 118 Å². The summed E-state index contributed by atoms with van der Waals surface area (Å²) in [4.78, 5) is 43.6. The SMILES string of the molecule is O=C1CCC(N2Cc3sc(C4CCN(CCCCCCOc5ccc([C@@H]6c7ccc(O)cc7CC[C@@H]6c6ccccc6)cc5)CC4)cc3C2=O)C(=O)N1. The summed E-state index contributed by atoms with van der Waals surface area (Å²) >= 11 is 1.74. The zero-order chi connectivity index (χ0) is 36.3. The number of amides is 3. The topological polar surface area (TPSA) is 99.2 Å². The highest BCUT2D eigenvalue weighted by molar-refractivity contribution is 7.12. The lowest BCUT2D eigenvalue weighted by Crippen LogP contribution is -2.52. The first-order valence-corrected chi connectivity index (χ1v) is 20.3. The molecule has 0 saturated carbocycles. The average Bonchev–Trinajstić information content (AvgIpc) is 3.73. The van der Waals surface area contributed by atoms with Crippen molar-refractivity contribution in [2.75, 3.05) is 26.2 Å². The molecule has 2 fully saturated rings. The minimum absolute atomic E-state index is 0.0701. The number of phenolic OH excluding ortho intramolecular Hbond substituents is 1. The van der Waals surface area contributed by atoms with Crippen molar-refractivity contribution in [2.24, 2.45) is 0 Å². The first kappa shape index (κ1) is 35.6. The molecule has 3 atom stereocenters. The number of aromatic hydroxyl groups is 1. The Labute approximate surface area is 316 Å². The van der Waals surface area contributed by atoms with Crippen LogP contribution in [0.15, 0.2) is 78.9 Å². The molecule has 0 spiro atoms. The van der Waals surface area contributed by atoms with E-state index in [4.69, 9.17) is 4.74 Å². The van der Waals surface area contributed by atoms with Gasteiger partial charge in [-0.1, -0.05) is 61.4 Å². The van der Waals surface area contributed by atoms with Gasteiger partial charge >= 0.3 is 0 Å². The number of benzene rings is 3. The quantitative estimate of drug-likeness (QED) is 0.114. The van der Waals surface area contributed by atoms with E-state index in [0.29, 0.717) is 30.6 Å². The number of carbonyl (C=O) groups is 3. The molecule has 4 aliphatic rings. The van der Waals surface area contributed by atoms with E-state index in [9.17, 15) is 19.5 Å². The fourth-order valence-electron chi connectivity index (χ4n) is 9.03. The molecule has 276 valence electrons. The van der Waals surface area contributed by atoms with Gasteiger partial charge in [0, 0.05) is 22.1 Å². The Bertz CT molecular complexity index is 1930. The van der Waals surface area contributed by atoms with Crippen molar-refractivity contribution >= 4 is 29.1 Å². The molecule has 1 unspecified atom stereocenters. The Morgan fingerprint density at radius 1 is 0.811 bits per heavy atom. The second kappa shape index (κ2) is 15.9. The van der Waals surface area contributed by atoms with E-state index < -0.39 is 6.04 Å². The summed E-state index contributed by atoms with van der Waals surface area (Å²) in [5.41, 5.74) is 5.96. The van der Waals surface area contributed by atoms with E-state index in [-0.39, 0.29) is 30.1 Å². The number of piperidine rings is 2. The van der Waals surface area contributed by atoms with Crippen LogP contribution >= 0.6 is 11.3 Å². The third-order valence-corrected chi connectivity index (χ3v) is 13.2. The van der Waals surface area contributed by atoms with Crippen molar-refractivity contribution in [3.8, 4) is 11.5 Å². The number of carbonyl (C=O) groups excluding carboxylic acids is 3. The van der Waals surface area contributed by atoms with E-state index in [2.05, 4.69) is 76.9 Å². The third kappa shape index (κ3) is 7.78. The largest absolute Gasteiger partial charge is 0.508 e. The van der Waals surface area contributed by atoms with Gasteiger partial charge < -0.3 is 19.6 Å². The van der Waals surface area contributed by atoms with Gasteiger partial charge in [0.15, 0.2) is 0 Å². The van der Waals surface area contributed by atoms with Crippen LogP contribution in [0.2, 0.25) is 0 Å². The molecule has 8 nitrogen and oxygen atoms in total. The maximum Gasteiger partial charge on any atom is 0.256 e. The van der Waals surface area contributed by atoms with Crippen LogP contribution in [0.3, 0.4) is 0 Å². The van der Waals surface area contributed by atoms with Crippen LogP contribution < -0.4 is 10.1 Å². The highest BCUT2D eigenvalue weighted by atomic mass is 32.1. The van der Waals surface area contributed by atoms with Crippen LogP contribution in [-0.2, 0) is 22.6 Å². The van der Waals surface area contributed by atoms with E-state index >= 15 is 0 Å². The van der Waals surface area contributed by atoms with Gasteiger partial charge in [0.2, 0.25) is 11.8 Å². The maximum atomic E-state index is 13.2. The Kier molecular flexibility index (Phi) is 10.6. The minimum atomic E-state index is -0.547. The Morgan fingerprint density at radius 3 is 2.38 bits per heavy atom. The molecular weight excluding hydrogens is 683 g/mol. The predicted octanol–water partition coefficient (Wildman–Crippen LogP) is 7.90. The molecule has 3 amide bonds. The third-order valence-electron chi connectivity index (χ3n) is 11.9. The molecule has 0 radical (unpaired) electrons. The van der Waals surface area contributed by atoms with Gasteiger partial charge in [-0.15, -0.1) is 11.3 Å². The van der Waals surface area contributed by atoms with Crippen LogP contribution in [0, 0.1) is 0 Å². The predicted molar refractivity (Wildman–Crippen MR) is 207 cm³/mol. The number of aryl methyl sites for hydroxylation is 1. The first-order valence-electron chi connectivity index (χ1n) is 19.5. The Balaban J connectivity index is 0.746. The van der Waals surface area contributed by atoms with E-state index in [0.717, 1.165) is 81.0 Å². The molecule has 0 bridgehead atoms. The normalized spacial score (nSPS) is 22.1. The first-order chi connectivity index (χ1) is 25.9. The lowest BCUT2D eigenvalue weighted by atomic mass is 9.69. The van der Waals surface area contributed by atoms with Gasteiger partial charge in [-0.3, -0.25) is 19.7 Å². The number of hydrogen-bond donors (Lipinski definition) is 2. The van der Waals surface area contributed by atoms with Gasteiger partial charge in [-0.05, 0) is 129 Å². The van der Waals surface area contributed by atoms with E-state index in [1.807, 2.05) is 12.1 Å². The molecule has 8 rings (SSSR count). The van der Waals surface area contributed by atoms with Crippen molar-refractivity contribution < 1.29 is 24.2 Å². The summed E-state index contributed by atoms with van der Waals surface area (Å²) in [6, 6.07) is 26.9. The molecule has 9 heteroatoms. The molecule has 53 heavy (non-hydrogen) atoms. The van der Waals surface area contributed by atoms with Crippen LogP contribution in [0.5, 0.6) is 11.5 Å². The van der Waals surface area contributed by atoms with Gasteiger partial charge in [0.1, 0.15) is 17.5 Å². The summed E-state index contributed by atoms with van der Waals surface area (Å²) in [6.45, 7) is 4.50. The molecule has 4 aromatic rings. The summed E-state index contributed by atoms with van der Waals surface area (Å²) in [7, 11) is 0. The van der Waals surface area contributed by atoms with Crippen molar-refractivity contribution in [1.29, 1.82) is 0 Å². The Hall–Kier alpha value is -4.47. The number of unbranched alkanes of at least 4 members (excludes halogenated alkanes) is 3. The fraction of sp³-hybridized carbons (Fsp3) is 0.432. The molecule has 3 aliphatic heterocycles. The summed E-state index contributed by atoms with van der Waals surface area (Å²) in [5, 5.41) is 12.5. The zero-order valence-electron chi connectivity index (χ0n) is 30.3. The monoisotopic (exact) mass is 731 g/mol. The highest BCUT2D eigenvalue weighted by Gasteiger charge is 2.41. The average molecular weight is 732 g/mol. The smallest absolute Gasteiger partial charge is 0.256 e. The molecule has 3 aromatic carbocycles. The molecule has 4 heterocycles. The minimum Gasteiger partial charge on any atom is -0.508 e. The maximum absolute atomic E-state index is 13.2. The summed E-state index contributed by atoms with van der Waals surface area (Å²) < 4.78 is 6.17. The van der Waals surface area contributed by atoms with E-state index in [1.54, 1.807) is 16.2 Å². The van der Waals surface area contributed by atoms with Crippen molar-refractivity contribution in [3.05, 3.63) is 116 Å². The van der Waals surface area contributed by atoms with Crippen LogP contribution in [0.25, 0.3) is 0 Å². The van der Waals surface area contributed by atoms with Crippen molar-refractivity contribution in [1.82, 2.24) is 15.1 Å². The number of thiophene rings is 1. The molecule has 1 aromatic heterocycles. The number of phenols is 1. The second-order valence-corrected chi connectivity index (χ2v) is 16.4. The molecule has 1 aliphatic carbocycles.